The first kappa shape index (κ1) is 17.2. The first-order valence-electron chi connectivity index (χ1n) is 7.37. The van der Waals surface area contributed by atoms with E-state index in [4.69, 9.17) is 5.11 Å². The maximum absolute atomic E-state index is 11.8. The van der Waals surface area contributed by atoms with Gasteiger partial charge in [0.15, 0.2) is 0 Å². The number of rotatable bonds is 10. The van der Waals surface area contributed by atoms with Crippen molar-refractivity contribution in [2.45, 2.75) is 32.6 Å². The molecule has 0 aliphatic rings. The summed E-state index contributed by atoms with van der Waals surface area (Å²) in [6.45, 7) is 4.14. The molecule has 0 fully saturated rings. The highest BCUT2D eigenvalue weighted by atomic mass is 16.4. The largest absolute Gasteiger partial charge is 0.481 e. The van der Waals surface area contributed by atoms with Crippen LogP contribution in [0.25, 0.3) is 0 Å². The van der Waals surface area contributed by atoms with Crippen molar-refractivity contribution in [3.05, 3.63) is 35.4 Å². The molecule has 116 valence electrons. The number of carboxylic acids is 1. The van der Waals surface area contributed by atoms with Gasteiger partial charge >= 0.3 is 5.97 Å². The molecule has 0 unspecified atom stereocenters. The highest BCUT2D eigenvalue weighted by Gasteiger charge is 2.03. The molecule has 0 atom stereocenters. The molecule has 0 aliphatic carbocycles. The van der Waals surface area contributed by atoms with Crippen LogP contribution in [-0.2, 0) is 4.79 Å². The zero-order valence-corrected chi connectivity index (χ0v) is 12.5. The molecule has 1 aromatic rings. The normalized spacial score (nSPS) is 10.3. The van der Waals surface area contributed by atoms with Crippen LogP contribution in [0.1, 0.15) is 41.6 Å². The Balaban J connectivity index is 2.00. The van der Waals surface area contributed by atoms with Gasteiger partial charge in [-0.1, -0.05) is 24.1 Å². The van der Waals surface area contributed by atoms with Gasteiger partial charge in [-0.25, -0.2) is 0 Å². The molecule has 0 aromatic heterocycles. The molecule has 0 heterocycles. The van der Waals surface area contributed by atoms with Crippen molar-refractivity contribution >= 4 is 11.9 Å². The van der Waals surface area contributed by atoms with Gasteiger partial charge in [-0.2, -0.15) is 0 Å². The summed E-state index contributed by atoms with van der Waals surface area (Å²) < 4.78 is 0. The number of carbonyl (C=O) groups is 2. The summed E-state index contributed by atoms with van der Waals surface area (Å²) in [7, 11) is 0. The Morgan fingerprint density at radius 2 is 1.71 bits per heavy atom. The van der Waals surface area contributed by atoms with Gasteiger partial charge in [-0.3, -0.25) is 9.59 Å². The summed E-state index contributed by atoms with van der Waals surface area (Å²) in [5.74, 6) is -0.792. The SMILES string of the molecule is Cc1ccc(C(=O)NCCNCCCCCC(=O)O)cc1. The van der Waals surface area contributed by atoms with Gasteiger partial charge in [0.25, 0.3) is 5.91 Å². The van der Waals surface area contributed by atoms with Gasteiger partial charge in [0.2, 0.25) is 0 Å². The van der Waals surface area contributed by atoms with Gasteiger partial charge in [0.05, 0.1) is 0 Å². The average Bonchev–Trinajstić information content (AvgIpc) is 2.45. The van der Waals surface area contributed by atoms with Crippen molar-refractivity contribution in [1.82, 2.24) is 10.6 Å². The summed E-state index contributed by atoms with van der Waals surface area (Å²) in [6.07, 6.45) is 2.84. The number of aliphatic carboxylic acids is 1. The molecule has 3 N–H and O–H groups in total. The first-order valence-corrected chi connectivity index (χ1v) is 7.37. The number of benzene rings is 1. The lowest BCUT2D eigenvalue weighted by Gasteiger charge is -2.07. The molecule has 0 radical (unpaired) electrons. The van der Waals surface area contributed by atoms with Gasteiger partial charge < -0.3 is 15.7 Å². The monoisotopic (exact) mass is 292 g/mol. The summed E-state index contributed by atoms with van der Waals surface area (Å²) >= 11 is 0. The van der Waals surface area contributed by atoms with Crippen molar-refractivity contribution < 1.29 is 14.7 Å². The van der Waals surface area contributed by atoms with E-state index in [-0.39, 0.29) is 12.3 Å². The average molecular weight is 292 g/mol. The molecule has 5 heteroatoms. The number of unbranched alkanes of at least 4 members (excludes halogenated alkanes) is 2. The van der Waals surface area contributed by atoms with E-state index in [0.29, 0.717) is 12.1 Å². The van der Waals surface area contributed by atoms with E-state index in [1.165, 1.54) is 0 Å². The number of carboxylic acid groups (broad SMARTS) is 1. The number of amides is 1. The van der Waals surface area contributed by atoms with Crippen molar-refractivity contribution in [1.29, 1.82) is 0 Å². The zero-order valence-electron chi connectivity index (χ0n) is 12.5. The Hall–Kier alpha value is -1.88. The second kappa shape index (κ2) is 9.94. The van der Waals surface area contributed by atoms with Crippen LogP contribution in [0.15, 0.2) is 24.3 Å². The van der Waals surface area contributed by atoms with Crippen LogP contribution < -0.4 is 10.6 Å². The molecule has 0 saturated heterocycles. The Labute approximate surface area is 125 Å². The van der Waals surface area contributed by atoms with Gasteiger partial charge in [-0.15, -0.1) is 0 Å². The van der Waals surface area contributed by atoms with E-state index in [1.54, 1.807) is 0 Å². The summed E-state index contributed by atoms with van der Waals surface area (Å²) in [5.41, 5.74) is 1.81. The van der Waals surface area contributed by atoms with Crippen LogP contribution in [0.4, 0.5) is 0 Å². The van der Waals surface area contributed by atoms with E-state index in [2.05, 4.69) is 10.6 Å². The second-order valence-electron chi connectivity index (χ2n) is 5.08. The fraction of sp³-hybridized carbons (Fsp3) is 0.500. The van der Waals surface area contributed by atoms with Crippen LogP contribution in [0.5, 0.6) is 0 Å². The second-order valence-corrected chi connectivity index (χ2v) is 5.08. The van der Waals surface area contributed by atoms with E-state index < -0.39 is 5.97 Å². The van der Waals surface area contributed by atoms with Crippen LogP contribution in [0, 0.1) is 6.92 Å². The molecule has 1 rings (SSSR count). The van der Waals surface area contributed by atoms with Crippen LogP contribution in [-0.4, -0.2) is 36.6 Å². The topological polar surface area (TPSA) is 78.4 Å². The highest BCUT2D eigenvalue weighted by Crippen LogP contribution is 2.02. The molecule has 1 amide bonds. The van der Waals surface area contributed by atoms with Crippen molar-refractivity contribution in [3.63, 3.8) is 0 Å². The number of hydrogen-bond acceptors (Lipinski definition) is 3. The maximum atomic E-state index is 11.8. The Bertz CT molecular complexity index is 443. The van der Waals surface area contributed by atoms with Gasteiger partial charge in [-0.05, 0) is 38.4 Å². The third-order valence-electron chi connectivity index (χ3n) is 3.15. The smallest absolute Gasteiger partial charge is 0.303 e. The molecule has 5 nitrogen and oxygen atoms in total. The van der Waals surface area contributed by atoms with Crippen LogP contribution in [0.2, 0.25) is 0 Å². The molecule has 0 bridgehead atoms. The first-order chi connectivity index (χ1) is 10.1. The minimum absolute atomic E-state index is 0.0572. The van der Waals surface area contributed by atoms with Crippen molar-refractivity contribution in [3.8, 4) is 0 Å². The molecule has 0 saturated carbocycles. The summed E-state index contributed by atoms with van der Waals surface area (Å²) in [6, 6.07) is 7.48. The third kappa shape index (κ3) is 8.09. The van der Waals surface area contributed by atoms with Gasteiger partial charge in [0.1, 0.15) is 0 Å². The highest BCUT2D eigenvalue weighted by molar-refractivity contribution is 5.94. The van der Waals surface area contributed by atoms with E-state index in [0.717, 1.165) is 37.9 Å². The lowest BCUT2D eigenvalue weighted by atomic mass is 10.1. The lowest BCUT2D eigenvalue weighted by molar-refractivity contribution is -0.137. The predicted molar refractivity (Wildman–Crippen MR) is 82.5 cm³/mol. The predicted octanol–water partition coefficient (Wildman–Crippen LogP) is 1.96. The number of nitrogens with one attached hydrogen (secondary N) is 2. The number of hydrogen-bond donors (Lipinski definition) is 3. The Morgan fingerprint density at radius 1 is 1.00 bits per heavy atom. The minimum Gasteiger partial charge on any atom is -0.481 e. The summed E-state index contributed by atoms with van der Waals surface area (Å²) in [5, 5.41) is 14.6. The fourth-order valence-electron chi connectivity index (χ4n) is 1.90. The molecule has 21 heavy (non-hydrogen) atoms. The standard InChI is InChI=1S/C16H24N2O3/c1-13-6-8-14(9-7-13)16(21)18-12-11-17-10-4-2-3-5-15(19)20/h6-9,17H,2-5,10-12H2,1H3,(H,18,21)(H,19,20). The van der Waals surface area contributed by atoms with Crippen LogP contribution >= 0.6 is 0 Å². The Morgan fingerprint density at radius 3 is 2.38 bits per heavy atom. The lowest BCUT2D eigenvalue weighted by Crippen LogP contribution is -2.32. The minimum atomic E-state index is -0.734. The van der Waals surface area contributed by atoms with E-state index >= 15 is 0 Å². The van der Waals surface area contributed by atoms with E-state index in [9.17, 15) is 9.59 Å². The fourth-order valence-corrected chi connectivity index (χ4v) is 1.90. The molecular formula is C16H24N2O3. The molecule has 0 spiro atoms. The third-order valence-corrected chi connectivity index (χ3v) is 3.15. The van der Waals surface area contributed by atoms with Crippen LogP contribution in [0.3, 0.4) is 0 Å². The number of aryl methyl sites for hydroxylation is 1. The van der Waals surface area contributed by atoms with Crippen molar-refractivity contribution in [2.24, 2.45) is 0 Å². The molecule has 1 aromatic carbocycles. The van der Waals surface area contributed by atoms with Crippen molar-refractivity contribution in [2.75, 3.05) is 19.6 Å². The van der Waals surface area contributed by atoms with E-state index in [1.807, 2.05) is 31.2 Å². The van der Waals surface area contributed by atoms with Gasteiger partial charge in [0, 0.05) is 25.1 Å². The number of carbonyl (C=O) groups excluding carboxylic acids is 1. The quantitative estimate of drug-likeness (QED) is 0.576. The molecule has 0 aliphatic heterocycles. The molecular weight excluding hydrogens is 268 g/mol. The zero-order chi connectivity index (χ0) is 15.5. The maximum Gasteiger partial charge on any atom is 0.303 e. The Kier molecular flexibility index (Phi) is 8.12. The summed E-state index contributed by atoms with van der Waals surface area (Å²) in [4.78, 5) is 22.1.